The summed E-state index contributed by atoms with van der Waals surface area (Å²) in [6.45, 7) is 4.35. The topological polar surface area (TPSA) is 101 Å². The summed E-state index contributed by atoms with van der Waals surface area (Å²) in [5.74, 6) is 1.72. The Morgan fingerprint density at radius 2 is 1.97 bits per heavy atom. The van der Waals surface area contributed by atoms with Gasteiger partial charge in [-0.25, -0.2) is 0 Å². The number of nitrogens with two attached hydrogens (primary N) is 1. The number of nitrogen functional groups attached to an aromatic ring is 1. The number of hydrogen-bond donors (Lipinski definition) is 2. The second-order valence-electron chi connectivity index (χ2n) is 8.49. The number of fused-ring (bicyclic) bond motifs is 3. The fraction of sp³-hybridized carbons (Fsp3) is 0.429. The predicted molar refractivity (Wildman–Crippen MR) is 110 cm³/mol. The van der Waals surface area contributed by atoms with Gasteiger partial charge in [0, 0.05) is 17.2 Å². The summed E-state index contributed by atoms with van der Waals surface area (Å²) in [5, 5.41) is 11.4. The second-order valence-corrected chi connectivity index (χ2v) is 8.49. The summed E-state index contributed by atoms with van der Waals surface area (Å²) >= 11 is 0. The van der Waals surface area contributed by atoms with Gasteiger partial charge in [-0.2, -0.15) is 18.2 Å². The lowest BCUT2D eigenvalue weighted by Gasteiger charge is -2.19. The summed E-state index contributed by atoms with van der Waals surface area (Å²) in [6, 6.07) is 2.99. The monoisotopic (exact) mass is 445 g/mol. The highest BCUT2D eigenvalue weighted by molar-refractivity contribution is 5.82. The van der Waals surface area contributed by atoms with Crippen LogP contribution in [0, 0.1) is 12.8 Å². The number of nitrogens with one attached hydrogen (secondary N) is 1. The van der Waals surface area contributed by atoms with Crippen molar-refractivity contribution < 1.29 is 18.0 Å². The van der Waals surface area contributed by atoms with E-state index in [9.17, 15) is 18.0 Å². The van der Waals surface area contributed by atoms with Crippen molar-refractivity contribution in [2.24, 2.45) is 5.92 Å². The lowest BCUT2D eigenvalue weighted by molar-refractivity contribution is -0.137. The van der Waals surface area contributed by atoms with Gasteiger partial charge in [0.25, 0.3) is 5.78 Å². The lowest BCUT2D eigenvalue weighted by atomic mass is 10.0. The highest BCUT2D eigenvalue weighted by Gasteiger charge is 2.38. The van der Waals surface area contributed by atoms with Gasteiger partial charge in [-0.15, -0.1) is 10.2 Å². The van der Waals surface area contributed by atoms with Crippen LogP contribution in [-0.4, -0.2) is 30.4 Å². The third-order valence-corrected chi connectivity index (χ3v) is 6.01. The molecule has 0 radical (unpaired) electrons. The Kier molecular flexibility index (Phi) is 4.54. The van der Waals surface area contributed by atoms with Crippen molar-refractivity contribution in [2.45, 2.75) is 52.0 Å². The quantitative estimate of drug-likeness (QED) is 0.597. The summed E-state index contributed by atoms with van der Waals surface area (Å²) in [5.41, 5.74) is 7.03. The average Bonchev–Trinajstić information content (AvgIpc) is 3.37. The van der Waals surface area contributed by atoms with Crippen molar-refractivity contribution in [3.8, 4) is 0 Å². The largest absolute Gasteiger partial charge is 0.416 e. The summed E-state index contributed by atoms with van der Waals surface area (Å²) in [7, 11) is 0. The number of nitrogens with zero attached hydrogens (tertiary/aromatic N) is 5. The Labute approximate surface area is 181 Å². The number of aryl methyl sites for hydroxylation is 1. The summed E-state index contributed by atoms with van der Waals surface area (Å²) in [4.78, 5) is 19.0. The molecule has 2 aromatic heterocycles. The van der Waals surface area contributed by atoms with E-state index in [-0.39, 0.29) is 17.5 Å². The molecule has 8 nitrogen and oxygen atoms in total. The van der Waals surface area contributed by atoms with Crippen LogP contribution in [0.2, 0.25) is 0 Å². The molecule has 1 fully saturated rings. The Balaban J connectivity index is 1.51. The Morgan fingerprint density at radius 3 is 2.66 bits per heavy atom. The minimum absolute atomic E-state index is 0.0337. The van der Waals surface area contributed by atoms with E-state index in [0.29, 0.717) is 36.1 Å². The Hall–Kier alpha value is -3.37. The van der Waals surface area contributed by atoms with Crippen molar-refractivity contribution in [2.75, 3.05) is 11.1 Å². The van der Waals surface area contributed by atoms with Crippen molar-refractivity contribution in [3.05, 3.63) is 46.4 Å². The van der Waals surface area contributed by atoms with Crippen molar-refractivity contribution in [3.63, 3.8) is 0 Å². The molecule has 5 rings (SSSR count). The summed E-state index contributed by atoms with van der Waals surface area (Å²) in [6.07, 6.45) is -2.68. The van der Waals surface area contributed by atoms with E-state index >= 15 is 0 Å². The van der Waals surface area contributed by atoms with Gasteiger partial charge in [0.15, 0.2) is 0 Å². The van der Waals surface area contributed by atoms with Crippen molar-refractivity contribution in [1.29, 1.82) is 0 Å². The van der Waals surface area contributed by atoms with Crippen LogP contribution in [0.5, 0.6) is 0 Å². The van der Waals surface area contributed by atoms with E-state index < -0.39 is 17.8 Å². The first kappa shape index (κ1) is 20.5. The van der Waals surface area contributed by atoms with E-state index in [1.807, 2.05) is 11.3 Å². The average molecular weight is 445 g/mol. The zero-order valence-electron chi connectivity index (χ0n) is 17.6. The third-order valence-electron chi connectivity index (χ3n) is 6.01. The van der Waals surface area contributed by atoms with Gasteiger partial charge < -0.3 is 16.0 Å². The first-order chi connectivity index (χ1) is 15.1. The number of benzene rings is 1. The SMILES string of the molecule is Cc1nnc2nc(NC(C)c3cc(N)cc(C(F)(F)F)c3)c3c(n12)CN(C(=O)C1CC1)C3. The number of halogens is 3. The fourth-order valence-electron chi connectivity index (χ4n) is 4.18. The van der Waals surface area contributed by atoms with Crippen LogP contribution < -0.4 is 11.1 Å². The molecule has 0 bridgehead atoms. The fourth-order valence-corrected chi connectivity index (χ4v) is 4.18. The first-order valence-corrected chi connectivity index (χ1v) is 10.4. The molecule has 11 heteroatoms. The van der Waals surface area contributed by atoms with E-state index in [1.165, 1.54) is 6.07 Å². The van der Waals surface area contributed by atoms with Crippen molar-refractivity contribution >= 4 is 23.2 Å². The molecule has 0 saturated heterocycles. The molecule has 3 aromatic rings. The van der Waals surface area contributed by atoms with Crippen LogP contribution in [-0.2, 0) is 24.1 Å². The normalized spacial score (nSPS) is 17.0. The van der Waals surface area contributed by atoms with Gasteiger partial charge in [-0.3, -0.25) is 9.20 Å². The molecule has 1 aliphatic carbocycles. The van der Waals surface area contributed by atoms with Crippen LogP contribution in [0.25, 0.3) is 5.78 Å². The molecule has 1 atom stereocenters. The van der Waals surface area contributed by atoms with Crippen LogP contribution >= 0.6 is 0 Å². The predicted octanol–water partition coefficient (Wildman–Crippen LogP) is 3.46. The smallest absolute Gasteiger partial charge is 0.399 e. The molecule has 2 aliphatic rings. The zero-order chi connectivity index (χ0) is 22.8. The number of carbonyl (C=O) groups excluding carboxylic acids is 1. The van der Waals surface area contributed by atoms with E-state index in [0.717, 1.165) is 36.2 Å². The molecule has 1 amide bonds. The van der Waals surface area contributed by atoms with Crippen molar-refractivity contribution in [1.82, 2.24) is 24.5 Å². The number of aromatic nitrogens is 4. The van der Waals surface area contributed by atoms with Crippen LogP contribution in [0.3, 0.4) is 0 Å². The molecule has 32 heavy (non-hydrogen) atoms. The van der Waals surface area contributed by atoms with E-state index in [1.54, 1.807) is 11.8 Å². The number of alkyl halides is 3. The maximum Gasteiger partial charge on any atom is 0.416 e. The Morgan fingerprint density at radius 1 is 1.22 bits per heavy atom. The third kappa shape index (κ3) is 3.51. The Bertz CT molecular complexity index is 1230. The molecule has 3 heterocycles. The number of carbonyl (C=O) groups is 1. The molecule has 1 saturated carbocycles. The van der Waals surface area contributed by atoms with E-state index in [2.05, 4.69) is 20.5 Å². The maximum absolute atomic E-state index is 13.2. The molecule has 3 N–H and O–H groups in total. The first-order valence-electron chi connectivity index (χ1n) is 10.4. The number of amides is 1. The molecule has 1 unspecified atom stereocenters. The molecular formula is C21H22F3N7O. The number of anilines is 2. The number of rotatable bonds is 4. The molecule has 168 valence electrons. The maximum atomic E-state index is 13.2. The van der Waals surface area contributed by atoms with Crippen LogP contribution in [0.4, 0.5) is 24.7 Å². The molecular weight excluding hydrogens is 423 g/mol. The van der Waals surface area contributed by atoms with Gasteiger partial charge in [-0.05, 0) is 50.5 Å². The van der Waals surface area contributed by atoms with Gasteiger partial charge in [0.1, 0.15) is 11.6 Å². The summed E-state index contributed by atoms with van der Waals surface area (Å²) < 4.78 is 41.5. The lowest BCUT2D eigenvalue weighted by Crippen LogP contribution is -2.26. The minimum Gasteiger partial charge on any atom is -0.399 e. The van der Waals surface area contributed by atoms with Gasteiger partial charge in [-0.1, -0.05) is 0 Å². The highest BCUT2D eigenvalue weighted by Crippen LogP contribution is 2.38. The standard InChI is InChI=1S/C21H22F3N7O/c1-10(13-5-14(21(22,23)24)7-15(25)6-13)26-18-16-8-30(19(32)12-3-4-12)9-17(16)31-11(2)28-29-20(31)27-18/h5-7,10,12H,3-4,8-9,25H2,1-2H3,(H,26,27,29). The number of hydrogen-bond acceptors (Lipinski definition) is 6. The van der Waals surface area contributed by atoms with E-state index in [4.69, 9.17) is 5.73 Å². The van der Waals surface area contributed by atoms with Crippen LogP contribution in [0.1, 0.15) is 54.0 Å². The molecule has 0 spiro atoms. The van der Waals surface area contributed by atoms with Gasteiger partial charge in [0.2, 0.25) is 5.91 Å². The second kappa shape index (κ2) is 7.07. The zero-order valence-corrected chi connectivity index (χ0v) is 17.6. The highest BCUT2D eigenvalue weighted by atomic mass is 19.4. The van der Waals surface area contributed by atoms with Gasteiger partial charge >= 0.3 is 6.18 Å². The van der Waals surface area contributed by atoms with Gasteiger partial charge in [0.05, 0.1) is 30.4 Å². The molecule has 1 aliphatic heterocycles. The molecule has 1 aromatic carbocycles. The van der Waals surface area contributed by atoms with Crippen LogP contribution in [0.15, 0.2) is 18.2 Å². The minimum atomic E-state index is -4.50.